The highest BCUT2D eigenvalue weighted by atomic mass is 16.5. The summed E-state index contributed by atoms with van der Waals surface area (Å²) in [5, 5.41) is 4.17. The van der Waals surface area contributed by atoms with Gasteiger partial charge in [-0.3, -0.25) is 4.79 Å². The zero-order valence-electron chi connectivity index (χ0n) is 7.77. The normalized spacial score (nSPS) is 27.5. The second kappa shape index (κ2) is 3.38. The number of hydrazine groups is 1. The molecular formula is C9H14N2O2. The number of esters is 1. The fourth-order valence-electron chi connectivity index (χ4n) is 1.95. The van der Waals surface area contributed by atoms with E-state index in [-0.39, 0.29) is 12.0 Å². The lowest BCUT2D eigenvalue weighted by Crippen LogP contribution is -2.51. The lowest BCUT2D eigenvalue weighted by Gasteiger charge is -2.38. The minimum atomic E-state index is -0.117. The van der Waals surface area contributed by atoms with E-state index < -0.39 is 0 Å². The molecule has 0 aliphatic carbocycles. The number of hydrogen-bond donors (Lipinski definition) is 0. The summed E-state index contributed by atoms with van der Waals surface area (Å²) >= 11 is 0. The van der Waals surface area contributed by atoms with Crippen molar-refractivity contribution in [1.29, 1.82) is 0 Å². The Labute approximate surface area is 77.7 Å². The molecule has 2 aliphatic rings. The van der Waals surface area contributed by atoms with E-state index in [4.69, 9.17) is 4.74 Å². The van der Waals surface area contributed by atoms with Crippen LogP contribution in [-0.2, 0) is 9.53 Å². The molecule has 13 heavy (non-hydrogen) atoms. The Kier molecular flexibility index (Phi) is 2.22. The van der Waals surface area contributed by atoms with Crippen molar-refractivity contribution < 1.29 is 9.53 Å². The van der Waals surface area contributed by atoms with E-state index in [2.05, 4.69) is 16.1 Å². The molecule has 0 aromatic rings. The molecular weight excluding hydrogens is 168 g/mol. The van der Waals surface area contributed by atoms with Crippen LogP contribution in [0.4, 0.5) is 0 Å². The number of nitrogens with zero attached hydrogens (tertiary/aromatic N) is 2. The number of methoxy groups -OCH3 is 1. The third-order valence-electron chi connectivity index (χ3n) is 2.60. The first-order valence-electron chi connectivity index (χ1n) is 4.60. The predicted molar refractivity (Wildman–Crippen MR) is 47.6 cm³/mol. The van der Waals surface area contributed by atoms with Gasteiger partial charge in [0.05, 0.1) is 7.11 Å². The van der Waals surface area contributed by atoms with Crippen molar-refractivity contribution in [2.75, 3.05) is 20.2 Å². The average molecular weight is 182 g/mol. The van der Waals surface area contributed by atoms with Crippen LogP contribution < -0.4 is 0 Å². The van der Waals surface area contributed by atoms with E-state index in [1.807, 2.05) is 6.20 Å². The van der Waals surface area contributed by atoms with Crippen LogP contribution in [0.5, 0.6) is 0 Å². The van der Waals surface area contributed by atoms with E-state index in [0.29, 0.717) is 0 Å². The summed E-state index contributed by atoms with van der Waals surface area (Å²) in [4.78, 5) is 11.4. The van der Waals surface area contributed by atoms with Crippen LogP contribution in [0.3, 0.4) is 0 Å². The summed E-state index contributed by atoms with van der Waals surface area (Å²) in [5.41, 5.74) is 0. The van der Waals surface area contributed by atoms with E-state index >= 15 is 0 Å². The second-order valence-corrected chi connectivity index (χ2v) is 3.35. The molecule has 0 radical (unpaired) electrons. The molecule has 2 rings (SSSR count). The van der Waals surface area contributed by atoms with Gasteiger partial charge in [0, 0.05) is 19.3 Å². The van der Waals surface area contributed by atoms with Crippen molar-refractivity contribution in [3.05, 3.63) is 12.3 Å². The zero-order valence-corrected chi connectivity index (χ0v) is 7.77. The first kappa shape index (κ1) is 8.56. The van der Waals surface area contributed by atoms with Crippen LogP contribution in [0, 0.1) is 0 Å². The summed E-state index contributed by atoms with van der Waals surface area (Å²) in [6, 6.07) is -0.0752. The molecule has 0 spiro atoms. The molecule has 2 heterocycles. The van der Waals surface area contributed by atoms with Crippen molar-refractivity contribution in [2.45, 2.75) is 18.9 Å². The maximum atomic E-state index is 11.4. The molecule has 0 amide bonds. The Hall–Kier alpha value is -1.03. The monoisotopic (exact) mass is 182 g/mol. The van der Waals surface area contributed by atoms with Gasteiger partial charge in [0.1, 0.15) is 6.04 Å². The smallest absolute Gasteiger partial charge is 0.324 e. The van der Waals surface area contributed by atoms with Gasteiger partial charge in [0.2, 0.25) is 0 Å². The van der Waals surface area contributed by atoms with Gasteiger partial charge in [0.15, 0.2) is 0 Å². The van der Waals surface area contributed by atoms with Gasteiger partial charge in [-0.25, -0.2) is 5.01 Å². The van der Waals surface area contributed by atoms with Gasteiger partial charge >= 0.3 is 5.97 Å². The van der Waals surface area contributed by atoms with E-state index in [9.17, 15) is 4.79 Å². The molecule has 0 N–H and O–H groups in total. The van der Waals surface area contributed by atoms with Crippen molar-refractivity contribution in [3.8, 4) is 0 Å². The largest absolute Gasteiger partial charge is 0.468 e. The topological polar surface area (TPSA) is 32.8 Å². The molecule has 0 bridgehead atoms. The van der Waals surface area contributed by atoms with Gasteiger partial charge in [-0.2, -0.15) is 0 Å². The minimum absolute atomic E-state index is 0.0752. The zero-order chi connectivity index (χ0) is 9.26. The van der Waals surface area contributed by atoms with Gasteiger partial charge in [-0.05, 0) is 12.8 Å². The molecule has 0 aromatic carbocycles. The highest BCUT2D eigenvalue weighted by Crippen LogP contribution is 2.22. The summed E-state index contributed by atoms with van der Waals surface area (Å²) in [6.45, 7) is 1.85. The highest BCUT2D eigenvalue weighted by molar-refractivity contribution is 5.75. The maximum Gasteiger partial charge on any atom is 0.324 e. The SMILES string of the molecule is COC(=O)C1CCCN2C=CCN12. The number of fused-ring (bicyclic) bond motifs is 1. The van der Waals surface area contributed by atoms with Crippen molar-refractivity contribution in [3.63, 3.8) is 0 Å². The predicted octanol–water partition coefficient (Wildman–Crippen LogP) is 0.368. The number of carbonyl (C=O) groups excluding carboxylic acids is 1. The van der Waals surface area contributed by atoms with Crippen LogP contribution in [0.1, 0.15) is 12.8 Å². The number of rotatable bonds is 1. The van der Waals surface area contributed by atoms with Crippen LogP contribution in [0.15, 0.2) is 12.3 Å². The van der Waals surface area contributed by atoms with Gasteiger partial charge in [0.25, 0.3) is 0 Å². The standard InChI is InChI=1S/C9H14N2O2/c1-13-9(12)8-4-2-5-10-6-3-7-11(8)10/h3,6,8H,2,4-5,7H2,1H3. The Bertz CT molecular complexity index is 240. The number of carbonyl (C=O) groups is 1. The molecule has 0 saturated carbocycles. The first-order chi connectivity index (χ1) is 6.33. The lowest BCUT2D eigenvalue weighted by molar-refractivity contribution is -0.156. The summed E-state index contributed by atoms with van der Waals surface area (Å²) in [6.07, 6.45) is 6.07. The molecule has 4 nitrogen and oxygen atoms in total. The van der Waals surface area contributed by atoms with Gasteiger partial charge in [-0.15, -0.1) is 0 Å². The molecule has 1 fully saturated rings. The highest BCUT2D eigenvalue weighted by Gasteiger charge is 2.34. The van der Waals surface area contributed by atoms with Crippen LogP contribution in [0.2, 0.25) is 0 Å². The molecule has 0 aromatic heterocycles. The fraction of sp³-hybridized carbons (Fsp3) is 0.667. The maximum absolute atomic E-state index is 11.4. The van der Waals surface area contributed by atoms with Crippen LogP contribution in [0.25, 0.3) is 0 Å². The molecule has 1 saturated heterocycles. The fourth-order valence-corrected chi connectivity index (χ4v) is 1.95. The van der Waals surface area contributed by atoms with Crippen molar-refractivity contribution in [2.24, 2.45) is 0 Å². The van der Waals surface area contributed by atoms with Crippen LogP contribution >= 0.6 is 0 Å². The summed E-state index contributed by atoms with van der Waals surface area (Å²) in [7, 11) is 1.45. The van der Waals surface area contributed by atoms with E-state index in [1.54, 1.807) is 0 Å². The Morgan fingerprint density at radius 3 is 3.23 bits per heavy atom. The van der Waals surface area contributed by atoms with Crippen molar-refractivity contribution >= 4 is 5.97 Å². The van der Waals surface area contributed by atoms with E-state index in [1.165, 1.54) is 7.11 Å². The van der Waals surface area contributed by atoms with Gasteiger partial charge in [-0.1, -0.05) is 6.08 Å². The molecule has 2 aliphatic heterocycles. The van der Waals surface area contributed by atoms with Crippen LogP contribution in [-0.4, -0.2) is 42.2 Å². The summed E-state index contributed by atoms with van der Waals surface area (Å²) < 4.78 is 4.76. The third kappa shape index (κ3) is 1.42. The average Bonchev–Trinajstić information content (AvgIpc) is 2.63. The Morgan fingerprint density at radius 2 is 2.46 bits per heavy atom. The third-order valence-corrected chi connectivity index (χ3v) is 2.60. The molecule has 1 unspecified atom stereocenters. The quantitative estimate of drug-likeness (QED) is 0.548. The summed E-state index contributed by atoms with van der Waals surface area (Å²) in [5.74, 6) is -0.117. The Balaban J connectivity index is 2.07. The number of hydrogen-bond acceptors (Lipinski definition) is 4. The lowest BCUT2D eigenvalue weighted by atomic mass is 10.1. The van der Waals surface area contributed by atoms with E-state index in [0.717, 1.165) is 25.9 Å². The Morgan fingerprint density at radius 1 is 1.62 bits per heavy atom. The second-order valence-electron chi connectivity index (χ2n) is 3.35. The van der Waals surface area contributed by atoms with Gasteiger partial charge < -0.3 is 9.75 Å². The first-order valence-corrected chi connectivity index (χ1v) is 4.60. The molecule has 1 atom stereocenters. The number of ether oxygens (including phenoxy) is 1. The molecule has 4 heteroatoms. The van der Waals surface area contributed by atoms with Crippen molar-refractivity contribution in [1.82, 2.24) is 10.0 Å². The molecule has 72 valence electrons. The minimum Gasteiger partial charge on any atom is -0.468 e.